The second-order valence-electron chi connectivity index (χ2n) is 24.3. The Morgan fingerprint density at radius 1 is 0.579 bits per heavy atom. The number of aryl methyl sites for hydroxylation is 2. The summed E-state index contributed by atoms with van der Waals surface area (Å²) < 4.78 is 61.1. The first-order valence-electron chi connectivity index (χ1n) is 30.9. The zero-order chi connectivity index (χ0) is 68.4. The van der Waals surface area contributed by atoms with Gasteiger partial charge in [-0.15, -0.1) is 0 Å². The molecule has 8 N–H and O–H groups in total. The quantitative estimate of drug-likeness (QED) is 0.0188. The summed E-state index contributed by atoms with van der Waals surface area (Å²) in [5.41, 5.74) is 18.8. The second kappa shape index (κ2) is 40.2. The molecule has 0 aromatic heterocycles. The van der Waals surface area contributed by atoms with E-state index in [1.54, 1.807) is 36.4 Å². The number of fused-ring (bicyclic) bond motifs is 5. The topological polar surface area (TPSA) is 279 Å². The number of amides is 2. The molecule has 0 radical (unpaired) electrons. The van der Waals surface area contributed by atoms with Gasteiger partial charge in [0.25, 0.3) is 25.6 Å². The van der Waals surface area contributed by atoms with Crippen molar-refractivity contribution in [3.05, 3.63) is 237 Å². The number of nitrogens with one attached hydrogen (secondary N) is 4. The molecule has 2 amide bonds. The average Bonchev–Trinajstić information content (AvgIpc) is 0.823. The van der Waals surface area contributed by atoms with Gasteiger partial charge in [-0.3, -0.25) is 13.8 Å². The van der Waals surface area contributed by atoms with Crippen molar-refractivity contribution in [2.75, 3.05) is 32.7 Å². The molecule has 4 atom stereocenters. The predicted molar refractivity (Wildman–Crippen MR) is 375 cm³/mol. The maximum absolute atomic E-state index is 12.1. The van der Waals surface area contributed by atoms with Crippen molar-refractivity contribution in [3.63, 3.8) is 0 Å². The van der Waals surface area contributed by atoms with Crippen molar-refractivity contribution in [1.82, 2.24) is 21.3 Å². The third-order valence-corrected chi connectivity index (χ3v) is 17.2. The SMILES string of the molecule is CC(C)(C)OC(=O)NCCN.CC(C)(C)OC(=O)NCCNC1Cc2ccccc21.CCCNC1Cc2ccccc21.Cc1ccc(S(=O)(=O)Cl)cc1.Cc1ccc(S(=O)(=O)OC2Cc3ccccc32)cc1.O=C1Cc2ccccc21.O=CO.OC1Cc2ccccc21.[AlH3].[H-].[Li+]. The Balaban J connectivity index is 0.000000383. The molecule has 95 heavy (non-hydrogen) atoms. The zero-order valence-corrected chi connectivity index (χ0v) is 57.9. The number of halogens is 1. The second-order valence-corrected chi connectivity index (χ2v) is 28.4. The van der Waals surface area contributed by atoms with Crippen LogP contribution in [0, 0.1) is 13.8 Å². The van der Waals surface area contributed by atoms with Gasteiger partial charge in [0, 0.05) is 73.8 Å². The van der Waals surface area contributed by atoms with Gasteiger partial charge in [-0.2, -0.15) is 8.42 Å². The number of ether oxygens (including phenoxy) is 2. The number of carboxylic acid groups (broad SMARTS) is 1. The number of alkyl carbamates (subject to hydrolysis) is 2. The summed E-state index contributed by atoms with van der Waals surface area (Å²) in [6.07, 6.45) is 4.36. The Kier molecular flexibility index (Phi) is 34.9. The zero-order valence-electron chi connectivity index (χ0n) is 56.5. The van der Waals surface area contributed by atoms with Crippen LogP contribution in [0.3, 0.4) is 0 Å². The molecule has 5 aliphatic carbocycles. The fraction of sp³-hybridized carbons (Fsp3) is 0.361. The molecular formula is C72H94AlClLiN5O13S2. The molecule has 5 aliphatic rings. The number of carbonyl (C=O) groups is 4. The van der Waals surface area contributed by atoms with E-state index in [4.69, 9.17) is 45.1 Å². The molecule has 7 aromatic rings. The fourth-order valence-corrected chi connectivity index (χ4v) is 11.5. The molecule has 0 bridgehead atoms. The number of rotatable bonds is 13. The van der Waals surface area contributed by atoms with Crippen molar-refractivity contribution in [1.29, 1.82) is 0 Å². The summed E-state index contributed by atoms with van der Waals surface area (Å²) in [7, 11) is -2.14. The molecule has 0 spiro atoms. The number of carbonyl (C=O) groups excluding carboxylic acids is 3. The third kappa shape index (κ3) is 28.1. The van der Waals surface area contributed by atoms with E-state index >= 15 is 0 Å². The molecule has 508 valence electrons. The molecule has 0 saturated carbocycles. The number of aliphatic hydroxyl groups is 1. The van der Waals surface area contributed by atoms with Gasteiger partial charge in [-0.1, -0.05) is 164 Å². The number of hydrogen-bond donors (Lipinski definition) is 7. The molecule has 0 heterocycles. The van der Waals surface area contributed by atoms with E-state index in [-0.39, 0.29) is 78.0 Å². The molecule has 0 aliphatic heterocycles. The Morgan fingerprint density at radius 2 is 0.968 bits per heavy atom. The van der Waals surface area contributed by atoms with E-state index < -0.39 is 36.5 Å². The summed E-state index contributed by atoms with van der Waals surface area (Å²) in [4.78, 5) is 41.7. The van der Waals surface area contributed by atoms with E-state index in [0.717, 1.165) is 59.3 Å². The van der Waals surface area contributed by atoms with Crippen molar-refractivity contribution >= 4 is 71.7 Å². The first-order chi connectivity index (χ1) is 44.1. The van der Waals surface area contributed by atoms with Crippen LogP contribution < -0.4 is 45.9 Å². The molecule has 0 fully saturated rings. The molecule has 4 unspecified atom stereocenters. The summed E-state index contributed by atoms with van der Waals surface area (Å²) >= 11 is 0. The van der Waals surface area contributed by atoms with Crippen LogP contribution in [0.4, 0.5) is 9.59 Å². The maximum atomic E-state index is 12.1. The molecular weight excluding hydrogens is 1280 g/mol. The minimum atomic E-state index is -3.68. The van der Waals surface area contributed by atoms with Crippen LogP contribution >= 0.6 is 10.7 Å². The van der Waals surface area contributed by atoms with Gasteiger partial charge in [0.15, 0.2) is 23.1 Å². The van der Waals surface area contributed by atoms with Crippen LogP contribution in [-0.4, -0.2) is 113 Å². The van der Waals surface area contributed by atoms with Gasteiger partial charge in [0.05, 0.1) is 15.9 Å². The van der Waals surface area contributed by atoms with Crippen molar-refractivity contribution in [2.24, 2.45) is 5.73 Å². The number of aliphatic hydroxyl groups excluding tert-OH is 1. The summed E-state index contributed by atoms with van der Waals surface area (Å²) in [5, 5.41) is 28.2. The van der Waals surface area contributed by atoms with Crippen LogP contribution in [0.25, 0.3) is 0 Å². The van der Waals surface area contributed by atoms with Crippen molar-refractivity contribution in [2.45, 2.75) is 146 Å². The minimum Gasteiger partial charge on any atom is -1.00 e. The average molecular weight is 1370 g/mol. The van der Waals surface area contributed by atoms with Gasteiger partial charge >= 0.3 is 31.0 Å². The number of hydrogen-bond acceptors (Lipinski definition) is 15. The van der Waals surface area contributed by atoms with Gasteiger partial charge in [0.1, 0.15) is 17.3 Å². The summed E-state index contributed by atoms with van der Waals surface area (Å²) in [6.45, 7) is 20.1. The van der Waals surface area contributed by atoms with Crippen LogP contribution in [0.2, 0.25) is 0 Å². The van der Waals surface area contributed by atoms with Crippen LogP contribution in [0.1, 0.15) is 152 Å². The Bertz CT molecular complexity index is 3790. The maximum Gasteiger partial charge on any atom is 1.00 e. The monoisotopic (exact) mass is 1370 g/mol. The predicted octanol–water partition coefficient (Wildman–Crippen LogP) is 8.41. The van der Waals surface area contributed by atoms with Gasteiger partial charge in [0.2, 0.25) is 0 Å². The third-order valence-electron chi connectivity index (χ3n) is 14.5. The largest absolute Gasteiger partial charge is 1.00 e. The van der Waals surface area contributed by atoms with Crippen molar-refractivity contribution < 1.29 is 80.2 Å². The number of ketones is 1. The van der Waals surface area contributed by atoms with Gasteiger partial charge in [-0.25, -0.2) is 18.0 Å². The van der Waals surface area contributed by atoms with E-state index in [0.29, 0.717) is 44.6 Å². The van der Waals surface area contributed by atoms with E-state index in [2.05, 4.69) is 82.8 Å². The summed E-state index contributed by atoms with van der Waals surface area (Å²) in [6, 6.07) is 54.8. The standard InChI is InChI=1S/C15H22N2O2.C15H14O3S.C11H15N.C8H8O.C8H6O.C7H7ClO2S.C7H16N2O2.CH2O2.Al.Li.4H/c1-15(2,3)19-14(18)17-9-8-16-13-10-11-6-4-5-7-12(11)13;1-11-6-8-13(9-7-11)19(16,17)18-15-10-12-4-2-3-5-14(12)15;1-2-7-12-11-8-9-5-3-4-6-10(9)11;2*9-8-5-6-3-1-2-4-7(6)8;1-6-2-4-7(5-3-6)11(8,9)10;1-7(2,3)11-6(10)9-5-4-8;2-1-3;;;;;;/h4-7,13,16H,8-10H2,1-3H3,(H,17,18);2-9,15H,10H2,1H3;3-6,11-12H,2,7-8H2,1H3;1-4,8-9H,5H2;1-4H,5H2;2-5H,1H3;4-5,8H2,1-3H3,(H,9,10);1H,(H,2,3);;;;;;/q;;;;;;;;;+1;;;;-1. The normalized spacial score (nSPS) is 15.7. The summed E-state index contributed by atoms with van der Waals surface area (Å²) in [5.74, 6) is 0.283. The number of nitrogens with two attached hydrogens (primary N) is 1. The van der Waals surface area contributed by atoms with E-state index in [9.17, 15) is 31.2 Å². The first kappa shape index (κ1) is 82.6. The molecule has 18 nitrogen and oxygen atoms in total. The van der Waals surface area contributed by atoms with E-state index in [1.807, 2.05) is 122 Å². The van der Waals surface area contributed by atoms with E-state index in [1.165, 1.54) is 58.4 Å². The first-order valence-corrected chi connectivity index (χ1v) is 34.6. The van der Waals surface area contributed by atoms with Crippen LogP contribution in [0.5, 0.6) is 0 Å². The Labute approximate surface area is 590 Å². The molecule has 0 saturated heterocycles. The Morgan fingerprint density at radius 3 is 1.34 bits per heavy atom. The van der Waals surface area contributed by atoms with Gasteiger partial charge < -0.3 is 48.1 Å². The number of Topliss-reactive ketones (excluding diaryl/α,β-unsaturated/α-hetero) is 1. The van der Waals surface area contributed by atoms with Crippen LogP contribution in [-0.2, 0) is 69.7 Å². The van der Waals surface area contributed by atoms with Crippen LogP contribution in [0.15, 0.2) is 180 Å². The van der Waals surface area contributed by atoms with Gasteiger partial charge in [-0.05, 0) is 156 Å². The molecule has 7 aromatic carbocycles. The smallest absolute Gasteiger partial charge is 1.00 e. The molecule has 12 rings (SSSR count). The Hall–Kier alpha value is -6.66. The molecule has 23 heteroatoms. The minimum absolute atomic E-state index is 0. The fourth-order valence-electron chi connectivity index (χ4n) is 9.67. The number of benzene rings is 7. The van der Waals surface area contributed by atoms with Crippen molar-refractivity contribution in [3.8, 4) is 0 Å².